The van der Waals surface area contributed by atoms with E-state index in [4.69, 9.17) is 4.98 Å². The molecular formula is C24H23N5O2. The number of benzene rings is 1. The van der Waals surface area contributed by atoms with Gasteiger partial charge < -0.3 is 9.72 Å². The second-order valence-corrected chi connectivity index (χ2v) is 8.01. The molecule has 0 bridgehead atoms. The topological polar surface area (TPSA) is 81.3 Å². The van der Waals surface area contributed by atoms with Gasteiger partial charge in [0.25, 0.3) is 5.56 Å². The summed E-state index contributed by atoms with van der Waals surface area (Å²) in [7, 11) is 0. The number of carbonyl (C=O) groups excluding carboxylic acids is 1. The SMILES string of the molecule is Cc1cccn2cc(-c3ccccc3NC(=O)C(C)n3nc4c(cc3=O)CCC4)nc12. The average molecular weight is 413 g/mol. The van der Waals surface area contributed by atoms with E-state index in [-0.39, 0.29) is 11.5 Å². The molecule has 1 unspecified atom stereocenters. The highest BCUT2D eigenvalue weighted by Crippen LogP contribution is 2.28. The van der Waals surface area contributed by atoms with Crippen LogP contribution in [0.1, 0.15) is 36.2 Å². The van der Waals surface area contributed by atoms with Crippen molar-refractivity contribution in [2.24, 2.45) is 0 Å². The zero-order valence-electron chi connectivity index (χ0n) is 17.5. The quantitative estimate of drug-likeness (QED) is 0.555. The largest absolute Gasteiger partial charge is 0.324 e. The van der Waals surface area contributed by atoms with Crippen molar-refractivity contribution in [2.75, 3.05) is 5.32 Å². The molecule has 1 atom stereocenters. The number of amides is 1. The second-order valence-electron chi connectivity index (χ2n) is 8.01. The van der Waals surface area contributed by atoms with Crippen molar-refractivity contribution >= 4 is 17.2 Å². The van der Waals surface area contributed by atoms with Gasteiger partial charge in [0.1, 0.15) is 11.7 Å². The van der Waals surface area contributed by atoms with Crippen molar-refractivity contribution in [3.05, 3.63) is 82.0 Å². The molecular weight excluding hydrogens is 390 g/mol. The Kier molecular flexibility index (Phi) is 4.66. The number of imidazole rings is 1. The van der Waals surface area contributed by atoms with Crippen molar-refractivity contribution in [3.63, 3.8) is 0 Å². The number of nitrogens with one attached hydrogen (secondary N) is 1. The average Bonchev–Trinajstić information content (AvgIpc) is 3.40. The Morgan fingerprint density at radius 2 is 2.00 bits per heavy atom. The molecule has 5 rings (SSSR count). The van der Waals surface area contributed by atoms with Crippen molar-refractivity contribution in [3.8, 4) is 11.3 Å². The fourth-order valence-electron chi connectivity index (χ4n) is 4.14. The van der Waals surface area contributed by atoms with E-state index in [0.717, 1.165) is 53.0 Å². The summed E-state index contributed by atoms with van der Waals surface area (Å²) in [5, 5.41) is 7.44. The third kappa shape index (κ3) is 3.42. The second kappa shape index (κ2) is 7.50. The van der Waals surface area contributed by atoms with Gasteiger partial charge in [-0.3, -0.25) is 9.59 Å². The molecule has 3 heterocycles. The van der Waals surface area contributed by atoms with Crippen LogP contribution in [0, 0.1) is 6.92 Å². The highest BCUT2D eigenvalue weighted by Gasteiger charge is 2.22. The van der Waals surface area contributed by atoms with E-state index in [1.165, 1.54) is 4.68 Å². The van der Waals surface area contributed by atoms with E-state index in [0.29, 0.717) is 5.69 Å². The Balaban J connectivity index is 1.46. The Hall–Kier alpha value is -3.74. The van der Waals surface area contributed by atoms with Crippen molar-refractivity contribution in [1.82, 2.24) is 19.2 Å². The lowest BCUT2D eigenvalue weighted by Crippen LogP contribution is -2.34. The number of nitrogens with zero attached hydrogens (tertiary/aromatic N) is 4. The van der Waals surface area contributed by atoms with Gasteiger partial charge in [-0.05, 0) is 56.4 Å². The number of fused-ring (bicyclic) bond motifs is 2. The number of aromatic nitrogens is 4. The molecule has 3 aromatic heterocycles. The van der Waals surface area contributed by atoms with Crippen molar-refractivity contribution < 1.29 is 4.79 Å². The van der Waals surface area contributed by atoms with Crippen LogP contribution < -0.4 is 10.9 Å². The number of rotatable bonds is 4. The number of hydrogen-bond acceptors (Lipinski definition) is 4. The molecule has 0 saturated heterocycles. The van der Waals surface area contributed by atoms with Gasteiger partial charge in [0.15, 0.2) is 0 Å². The first-order chi connectivity index (χ1) is 15.0. The summed E-state index contributed by atoms with van der Waals surface area (Å²) in [4.78, 5) is 30.3. The minimum atomic E-state index is -0.727. The molecule has 1 aliphatic carbocycles. The summed E-state index contributed by atoms with van der Waals surface area (Å²) in [5.74, 6) is -0.292. The zero-order chi connectivity index (χ0) is 21.5. The standard InChI is InChI=1S/C24H23N5O2/c1-15-7-6-12-28-14-21(25-23(15)28)18-9-3-4-10-20(18)26-24(31)16(2)29-22(30)13-17-8-5-11-19(17)27-29/h3-4,6-7,9-10,12-14,16H,5,8,11H2,1-2H3,(H,26,31). The predicted molar refractivity (Wildman–Crippen MR) is 119 cm³/mol. The van der Waals surface area contributed by atoms with Gasteiger partial charge in [0, 0.05) is 24.0 Å². The van der Waals surface area contributed by atoms with Gasteiger partial charge in [0.05, 0.1) is 17.1 Å². The maximum atomic E-state index is 13.0. The fraction of sp³-hybridized carbons (Fsp3) is 0.250. The Morgan fingerprint density at radius 1 is 1.16 bits per heavy atom. The molecule has 1 N–H and O–H groups in total. The van der Waals surface area contributed by atoms with E-state index >= 15 is 0 Å². The summed E-state index contributed by atoms with van der Waals surface area (Å²) in [6.07, 6.45) is 6.63. The highest BCUT2D eigenvalue weighted by atomic mass is 16.2. The predicted octanol–water partition coefficient (Wildman–Crippen LogP) is 3.55. The lowest BCUT2D eigenvalue weighted by atomic mass is 10.1. The monoisotopic (exact) mass is 413 g/mol. The molecule has 0 radical (unpaired) electrons. The van der Waals surface area contributed by atoms with Gasteiger partial charge in [-0.2, -0.15) is 5.10 Å². The van der Waals surface area contributed by atoms with Gasteiger partial charge in [-0.1, -0.05) is 24.3 Å². The van der Waals surface area contributed by atoms with Crippen LogP contribution in [-0.4, -0.2) is 25.1 Å². The summed E-state index contributed by atoms with van der Waals surface area (Å²) < 4.78 is 3.26. The van der Waals surface area contributed by atoms with Crippen LogP contribution in [0.25, 0.3) is 16.9 Å². The number of hydrogen-bond donors (Lipinski definition) is 1. The van der Waals surface area contributed by atoms with Gasteiger partial charge in [0.2, 0.25) is 5.91 Å². The van der Waals surface area contributed by atoms with Crippen LogP contribution in [0.3, 0.4) is 0 Å². The molecule has 0 aliphatic heterocycles. The number of para-hydroxylation sites is 1. The number of anilines is 1. The molecule has 0 spiro atoms. The summed E-state index contributed by atoms with van der Waals surface area (Å²) in [6.45, 7) is 3.71. The van der Waals surface area contributed by atoms with Crippen LogP contribution in [0.2, 0.25) is 0 Å². The van der Waals surface area contributed by atoms with Crippen molar-refractivity contribution in [1.29, 1.82) is 0 Å². The van der Waals surface area contributed by atoms with E-state index in [9.17, 15) is 9.59 Å². The molecule has 1 aliphatic rings. The van der Waals surface area contributed by atoms with Crippen LogP contribution >= 0.6 is 0 Å². The molecule has 7 heteroatoms. The fourth-order valence-corrected chi connectivity index (χ4v) is 4.14. The Bertz CT molecular complexity index is 1370. The Labute approximate surface area is 179 Å². The lowest BCUT2D eigenvalue weighted by molar-refractivity contribution is -0.119. The molecule has 7 nitrogen and oxygen atoms in total. The van der Waals surface area contributed by atoms with Crippen LogP contribution in [0.5, 0.6) is 0 Å². The molecule has 1 aromatic carbocycles. The van der Waals surface area contributed by atoms with Gasteiger partial charge >= 0.3 is 0 Å². The maximum Gasteiger partial charge on any atom is 0.267 e. The number of pyridine rings is 1. The Morgan fingerprint density at radius 3 is 2.84 bits per heavy atom. The van der Waals surface area contributed by atoms with Crippen molar-refractivity contribution in [2.45, 2.75) is 39.2 Å². The minimum Gasteiger partial charge on any atom is -0.324 e. The lowest BCUT2D eigenvalue weighted by Gasteiger charge is -2.16. The van der Waals surface area contributed by atoms with E-state index in [2.05, 4.69) is 10.4 Å². The normalized spacial score (nSPS) is 13.9. The third-order valence-corrected chi connectivity index (χ3v) is 5.87. The molecule has 1 amide bonds. The van der Waals surface area contributed by atoms with E-state index in [1.54, 1.807) is 13.0 Å². The molecule has 156 valence electrons. The minimum absolute atomic E-state index is 0.243. The van der Waals surface area contributed by atoms with Crippen LogP contribution in [-0.2, 0) is 17.6 Å². The van der Waals surface area contributed by atoms with E-state index < -0.39 is 6.04 Å². The molecule has 0 saturated carbocycles. The first-order valence-corrected chi connectivity index (χ1v) is 10.5. The summed E-state index contributed by atoms with van der Waals surface area (Å²) >= 11 is 0. The zero-order valence-corrected chi connectivity index (χ0v) is 17.5. The highest BCUT2D eigenvalue weighted by molar-refractivity contribution is 5.97. The number of aryl methyl sites for hydroxylation is 3. The first kappa shape index (κ1) is 19.2. The van der Waals surface area contributed by atoms with E-state index in [1.807, 2.05) is 60.1 Å². The molecule has 4 aromatic rings. The van der Waals surface area contributed by atoms with Gasteiger partial charge in [-0.15, -0.1) is 0 Å². The third-order valence-electron chi connectivity index (χ3n) is 5.87. The van der Waals surface area contributed by atoms with Crippen LogP contribution in [0.15, 0.2) is 59.7 Å². The number of carbonyl (C=O) groups is 1. The summed E-state index contributed by atoms with van der Waals surface area (Å²) in [5.41, 5.74) is 5.86. The first-order valence-electron chi connectivity index (χ1n) is 10.5. The summed E-state index contributed by atoms with van der Waals surface area (Å²) in [6, 6.07) is 12.4. The molecule has 31 heavy (non-hydrogen) atoms. The van der Waals surface area contributed by atoms with Crippen LogP contribution in [0.4, 0.5) is 5.69 Å². The smallest absolute Gasteiger partial charge is 0.267 e. The van der Waals surface area contributed by atoms with Gasteiger partial charge in [-0.25, -0.2) is 9.67 Å². The maximum absolute atomic E-state index is 13.0. The molecule has 0 fully saturated rings.